The second kappa shape index (κ2) is 7.60. The van der Waals surface area contributed by atoms with Crippen LogP contribution in [0.25, 0.3) is 0 Å². The van der Waals surface area contributed by atoms with Gasteiger partial charge in [0.15, 0.2) is 0 Å². The molecule has 0 aliphatic rings. The number of rotatable bonds is 2. The summed E-state index contributed by atoms with van der Waals surface area (Å²) in [5.74, 6) is 1.26. The van der Waals surface area contributed by atoms with Crippen molar-refractivity contribution in [2.24, 2.45) is 0 Å². The van der Waals surface area contributed by atoms with Crippen LogP contribution >= 0.6 is 0 Å². The number of hydrogen-bond donors (Lipinski definition) is 1. The predicted molar refractivity (Wildman–Crippen MR) is 62.4 cm³/mol. The van der Waals surface area contributed by atoms with Gasteiger partial charge in [-0.25, -0.2) is 4.79 Å². The van der Waals surface area contributed by atoms with E-state index in [1.54, 1.807) is 24.3 Å². The van der Waals surface area contributed by atoms with Crippen LogP contribution in [0.2, 0.25) is 0 Å². The molecule has 16 heavy (non-hydrogen) atoms. The van der Waals surface area contributed by atoms with Crippen LogP contribution in [0.5, 0.6) is 5.75 Å². The Morgan fingerprint density at radius 3 is 2.31 bits per heavy atom. The van der Waals surface area contributed by atoms with Crippen molar-refractivity contribution in [1.29, 1.82) is 0 Å². The zero-order valence-electron chi connectivity index (χ0n) is 8.11. The van der Waals surface area contributed by atoms with E-state index in [1.807, 2.05) is 5.92 Å². The Kier molecular flexibility index (Phi) is 7.29. The number of benzene rings is 1. The molecule has 0 saturated heterocycles. The second-order valence-corrected chi connectivity index (χ2v) is 2.74. The van der Waals surface area contributed by atoms with Crippen LogP contribution in [-0.4, -0.2) is 63.3 Å². The summed E-state index contributed by atoms with van der Waals surface area (Å²) >= 11 is 0. The minimum absolute atomic E-state index is 0. The van der Waals surface area contributed by atoms with Gasteiger partial charge in [-0.3, -0.25) is 4.79 Å². The third kappa shape index (κ3) is 5.44. The van der Waals surface area contributed by atoms with Gasteiger partial charge in [0, 0.05) is 18.5 Å². The number of terminal acetylenes is 1. The monoisotopic (exact) mass is 243 g/mol. The number of carbonyl (C=O) groups excluding carboxylic acids is 2. The summed E-state index contributed by atoms with van der Waals surface area (Å²) in [6, 6.07) is 6.31. The van der Waals surface area contributed by atoms with Gasteiger partial charge < -0.3 is 10.1 Å². The molecule has 78 valence electrons. The van der Waals surface area contributed by atoms with Crippen molar-refractivity contribution in [3.8, 4) is 18.1 Å². The van der Waals surface area contributed by atoms with E-state index in [2.05, 4.69) is 5.32 Å². The molecule has 0 saturated carbocycles. The fraction of sp³-hybridized carbons (Fsp3) is 0.0909. The maximum atomic E-state index is 10.7. The summed E-state index contributed by atoms with van der Waals surface area (Å²) in [6.45, 7) is 1.41. The first-order valence-electron chi connectivity index (χ1n) is 4.18. The Bertz CT molecular complexity index is 420. The first kappa shape index (κ1) is 15.4. The van der Waals surface area contributed by atoms with Crippen LogP contribution < -0.4 is 10.1 Å². The average Bonchev–Trinajstić information content (AvgIpc) is 2.20. The van der Waals surface area contributed by atoms with Gasteiger partial charge in [0.05, 0.1) is 0 Å². The van der Waals surface area contributed by atoms with E-state index in [4.69, 9.17) is 11.2 Å². The standard InChI is InChI=1S/C11H9NO3.K.H/c1-3-11(14)15-10-6-4-9(5-7-10)12-8(2)13;;/h1,4-7H,2H3,(H,12,13);;. The number of esters is 1. The Morgan fingerprint density at radius 1 is 1.31 bits per heavy atom. The topological polar surface area (TPSA) is 55.4 Å². The fourth-order valence-electron chi connectivity index (χ4n) is 0.946. The van der Waals surface area contributed by atoms with E-state index in [9.17, 15) is 9.59 Å². The molecule has 4 nitrogen and oxygen atoms in total. The molecule has 1 rings (SSSR count). The number of nitrogens with one attached hydrogen (secondary N) is 1. The van der Waals surface area contributed by atoms with Gasteiger partial charge in [0.1, 0.15) is 5.75 Å². The van der Waals surface area contributed by atoms with E-state index < -0.39 is 5.97 Å². The van der Waals surface area contributed by atoms with Crippen LogP contribution in [0.15, 0.2) is 24.3 Å². The van der Waals surface area contributed by atoms with E-state index in [0.717, 1.165) is 0 Å². The van der Waals surface area contributed by atoms with Crippen molar-refractivity contribution in [2.75, 3.05) is 5.32 Å². The fourth-order valence-corrected chi connectivity index (χ4v) is 0.946. The molecule has 0 spiro atoms. The van der Waals surface area contributed by atoms with E-state index in [-0.39, 0.29) is 57.3 Å². The molecule has 1 amide bonds. The molecule has 5 heteroatoms. The van der Waals surface area contributed by atoms with Gasteiger partial charge in [-0.15, -0.1) is 6.42 Å². The number of ether oxygens (including phenoxy) is 1. The molecule has 0 fully saturated rings. The maximum absolute atomic E-state index is 10.7. The van der Waals surface area contributed by atoms with Gasteiger partial charge in [-0.05, 0) is 24.3 Å². The molecule has 1 N–H and O–H groups in total. The summed E-state index contributed by atoms with van der Waals surface area (Å²) in [6.07, 6.45) is 4.83. The summed E-state index contributed by atoms with van der Waals surface area (Å²) < 4.78 is 4.74. The van der Waals surface area contributed by atoms with E-state index in [0.29, 0.717) is 11.4 Å². The van der Waals surface area contributed by atoms with Gasteiger partial charge in [0.25, 0.3) is 0 Å². The van der Waals surface area contributed by atoms with Gasteiger partial charge in [-0.2, -0.15) is 0 Å². The van der Waals surface area contributed by atoms with E-state index >= 15 is 0 Å². The van der Waals surface area contributed by atoms with Crippen molar-refractivity contribution < 1.29 is 14.3 Å². The number of anilines is 1. The van der Waals surface area contributed by atoms with Gasteiger partial charge in [0.2, 0.25) is 5.91 Å². The van der Waals surface area contributed by atoms with Gasteiger partial charge >= 0.3 is 57.4 Å². The van der Waals surface area contributed by atoms with Crippen LogP contribution in [0.4, 0.5) is 5.69 Å². The Hall–Kier alpha value is -0.644. The zero-order chi connectivity index (χ0) is 11.3. The molecular formula is C11H10KNO3. The summed E-state index contributed by atoms with van der Waals surface area (Å²) in [5, 5.41) is 2.58. The molecule has 0 aliphatic heterocycles. The summed E-state index contributed by atoms with van der Waals surface area (Å²) in [5.41, 5.74) is 0.628. The molecule has 0 aromatic heterocycles. The first-order valence-corrected chi connectivity index (χ1v) is 4.18. The Balaban J connectivity index is 0.00000225. The Labute approximate surface area is 136 Å². The third-order valence-corrected chi connectivity index (χ3v) is 1.50. The number of hydrogen-bond acceptors (Lipinski definition) is 3. The third-order valence-electron chi connectivity index (χ3n) is 1.50. The Morgan fingerprint density at radius 2 is 1.88 bits per heavy atom. The molecule has 0 aliphatic carbocycles. The van der Waals surface area contributed by atoms with Crippen LogP contribution in [0.3, 0.4) is 0 Å². The second-order valence-electron chi connectivity index (χ2n) is 2.74. The quantitative estimate of drug-likeness (QED) is 0.271. The van der Waals surface area contributed by atoms with Crippen LogP contribution in [0.1, 0.15) is 6.92 Å². The van der Waals surface area contributed by atoms with Crippen molar-refractivity contribution in [3.05, 3.63) is 24.3 Å². The number of carbonyl (C=O) groups is 2. The molecule has 1 aromatic rings. The van der Waals surface area contributed by atoms with Crippen molar-refractivity contribution in [1.82, 2.24) is 0 Å². The predicted octanol–water partition coefficient (Wildman–Crippen LogP) is 0.535. The molecule has 0 atom stereocenters. The van der Waals surface area contributed by atoms with Crippen molar-refractivity contribution >= 4 is 68.9 Å². The molecule has 0 bridgehead atoms. The number of amides is 1. The molecule has 0 radical (unpaired) electrons. The molecule has 0 unspecified atom stereocenters. The van der Waals surface area contributed by atoms with E-state index in [1.165, 1.54) is 6.92 Å². The first-order chi connectivity index (χ1) is 7.11. The van der Waals surface area contributed by atoms with Crippen molar-refractivity contribution in [2.45, 2.75) is 6.92 Å². The summed E-state index contributed by atoms with van der Waals surface area (Å²) in [7, 11) is 0. The molecular weight excluding hydrogens is 233 g/mol. The van der Waals surface area contributed by atoms with Gasteiger partial charge in [-0.1, -0.05) is 0 Å². The molecule has 0 heterocycles. The van der Waals surface area contributed by atoms with Crippen molar-refractivity contribution in [3.63, 3.8) is 0 Å². The SMILES string of the molecule is C#CC(=O)Oc1ccc(NC(C)=O)cc1.[KH]. The minimum atomic E-state index is -0.748. The van der Waals surface area contributed by atoms with Crippen LogP contribution in [-0.2, 0) is 9.59 Å². The molecule has 1 aromatic carbocycles. The average molecular weight is 243 g/mol. The zero-order valence-corrected chi connectivity index (χ0v) is 8.11. The van der Waals surface area contributed by atoms with Crippen LogP contribution in [0, 0.1) is 12.3 Å². The normalized spacial score (nSPS) is 8.25. The summed E-state index contributed by atoms with van der Waals surface area (Å²) in [4.78, 5) is 21.4.